The van der Waals surface area contributed by atoms with E-state index in [0.29, 0.717) is 40.5 Å². The lowest BCUT2D eigenvalue weighted by atomic mass is 10.2. The summed E-state index contributed by atoms with van der Waals surface area (Å²) in [4.78, 5) is 21.3. The van der Waals surface area contributed by atoms with Gasteiger partial charge in [-0.25, -0.2) is 18.4 Å². The highest BCUT2D eigenvalue weighted by molar-refractivity contribution is 7.92. The SMILES string of the molecule is CCCNCC(=O)Nc1cccc(S(=O)(=O)Nc2nc3ccccc3nc2Nc2cc(OC)cc(OC)c2)c1. The number of fused-ring (bicyclic) bond motifs is 1. The third-order valence-corrected chi connectivity index (χ3v) is 6.89. The average Bonchev–Trinajstić information content (AvgIpc) is 2.93. The number of benzene rings is 3. The van der Waals surface area contributed by atoms with Gasteiger partial charge in [-0.15, -0.1) is 0 Å². The predicted octanol–water partition coefficient (Wildman–Crippen LogP) is 4.13. The van der Waals surface area contributed by atoms with E-state index in [-0.39, 0.29) is 29.0 Å². The number of nitrogens with one attached hydrogen (secondary N) is 4. The molecule has 0 saturated heterocycles. The Morgan fingerprint density at radius 1 is 0.846 bits per heavy atom. The number of hydrogen-bond donors (Lipinski definition) is 4. The maximum absolute atomic E-state index is 13.4. The molecule has 0 spiro atoms. The molecule has 1 aromatic heterocycles. The van der Waals surface area contributed by atoms with Crippen LogP contribution in [0.15, 0.2) is 71.6 Å². The number of rotatable bonds is 12. The minimum Gasteiger partial charge on any atom is -0.497 e. The van der Waals surface area contributed by atoms with Gasteiger partial charge in [-0.2, -0.15) is 0 Å². The van der Waals surface area contributed by atoms with Gasteiger partial charge in [0, 0.05) is 29.6 Å². The van der Waals surface area contributed by atoms with Crippen LogP contribution < -0.4 is 30.1 Å². The molecule has 3 aromatic carbocycles. The van der Waals surface area contributed by atoms with Crippen molar-refractivity contribution >= 4 is 50.0 Å². The van der Waals surface area contributed by atoms with Crippen molar-refractivity contribution < 1.29 is 22.7 Å². The van der Waals surface area contributed by atoms with Crippen LogP contribution in [0, 0.1) is 0 Å². The van der Waals surface area contributed by atoms with Crippen LogP contribution >= 0.6 is 0 Å². The number of carbonyl (C=O) groups excluding carboxylic acids is 1. The highest BCUT2D eigenvalue weighted by Gasteiger charge is 2.20. The van der Waals surface area contributed by atoms with E-state index in [1.807, 2.05) is 13.0 Å². The molecular formula is C27H30N6O5S. The Hall–Kier alpha value is -4.42. The number of carbonyl (C=O) groups is 1. The van der Waals surface area contributed by atoms with Gasteiger partial charge in [0.05, 0.1) is 36.7 Å². The topological polar surface area (TPSA) is 144 Å². The molecule has 11 nitrogen and oxygen atoms in total. The maximum atomic E-state index is 13.4. The number of anilines is 4. The summed E-state index contributed by atoms with van der Waals surface area (Å²) in [6, 6.07) is 18.3. The Bertz CT molecular complexity index is 1560. The molecule has 39 heavy (non-hydrogen) atoms. The Labute approximate surface area is 227 Å². The molecule has 204 valence electrons. The number of sulfonamides is 1. The van der Waals surface area contributed by atoms with E-state index in [0.717, 1.165) is 6.42 Å². The van der Waals surface area contributed by atoms with Gasteiger partial charge in [-0.1, -0.05) is 25.1 Å². The number of methoxy groups -OCH3 is 2. The molecule has 0 unspecified atom stereocenters. The number of ether oxygens (including phenoxy) is 2. The van der Waals surface area contributed by atoms with Crippen molar-refractivity contribution in [3.63, 3.8) is 0 Å². The van der Waals surface area contributed by atoms with Crippen LogP contribution in [0.5, 0.6) is 11.5 Å². The number of nitrogens with zero attached hydrogens (tertiary/aromatic N) is 2. The number of para-hydroxylation sites is 2. The van der Waals surface area contributed by atoms with E-state index in [2.05, 4.69) is 30.6 Å². The number of amides is 1. The zero-order valence-electron chi connectivity index (χ0n) is 21.8. The minimum absolute atomic E-state index is 0.00584. The summed E-state index contributed by atoms with van der Waals surface area (Å²) in [5.41, 5.74) is 1.98. The van der Waals surface area contributed by atoms with E-state index < -0.39 is 10.0 Å². The van der Waals surface area contributed by atoms with Crippen LogP contribution in [0.4, 0.5) is 23.0 Å². The molecule has 0 aliphatic heterocycles. The Morgan fingerprint density at radius 3 is 2.15 bits per heavy atom. The predicted molar refractivity (Wildman–Crippen MR) is 151 cm³/mol. The fourth-order valence-electron chi connectivity index (χ4n) is 3.69. The Balaban J connectivity index is 1.65. The fourth-order valence-corrected chi connectivity index (χ4v) is 4.74. The van der Waals surface area contributed by atoms with E-state index in [1.165, 1.54) is 26.4 Å². The molecule has 12 heteroatoms. The highest BCUT2D eigenvalue weighted by Crippen LogP contribution is 2.31. The van der Waals surface area contributed by atoms with Crippen molar-refractivity contribution in [1.82, 2.24) is 15.3 Å². The van der Waals surface area contributed by atoms with E-state index >= 15 is 0 Å². The monoisotopic (exact) mass is 550 g/mol. The number of aromatic nitrogens is 2. The summed E-state index contributed by atoms with van der Waals surface area (Å²) in [5, 5.41) is 8.84. The van der Waals surface area contributed by atoms with Crippen molar-refractivity contribution in [1.29, 1.82) is 0 Å². The van der Waals surface area contributed by atoms with Gasteiger partial charge in [0.15, 0.2) is 11.6 Å². The smallest absolute Gasteiger partial charge is 0.263 e. The molecule has 1 heterocycles. The van der Waals surface area contributed by atoms with Gasteiger partial charge in [0.1, 0.15) is 11.5 Å². The van der Waals surface area contributed by atoms with Crippen molar-refractivity contribution in [2.24, 2.45) is 0 Å². The zero-order valence-corrected chi connectivity index (χ0v) is 22.6. The largest absolute Gasteiger partial charge is 0.497 e. The normalized spacial score (nSPS) is 11.2. The lowest BCUT2D eigenvalue weighted by Gasteiger charge is -2.15. The molecule has 0 aliphatic rings. The lowest BCUT2D eigenvalue weighted by molar-refractivity contribution is -0.115. The molecule has 0 aliphatic carbocycles. The quantitative estimate of drug-likeness (QED) is 0.191. The van der Waals surface area contributed by atoms with Crippen LogP contribution in [-0.2, 0) is 14.8 Å². The van der Waals surface area contributed by atoms with Crippen LogP contribution in [0.1, 0.15) is 13.3 Å². The van der Waals surface area contributed by atoms with E-state index in [4.69, 9.17) is 9.47 Å². The van der Waals surface area contributed by atoms with Crippen molar-refractivity contribution in [3.8, 4) is 11.5 Å². The lowest BCUT2D eigenvalue weighted by Crippen LogP contribution is -2.28. The van der Waals surface area contributed by atoms with E-state index in [1.54, 1.807) is 48.5 Å². The van der Waals surface area contributed by atoms with Gasteiger partial charge in [0.2, 0.25) is 5.91 Å². The van der Waals surface area contributed by atoms with Crippen molar-refractivity contribution in [2.45, 2.75) is 18.2 Å². The fraction of sp³-hybridized carbons (Fsp3) is 0.222. The van der Waals surface area contributed by atoms with Crippen LogP contribution in [0.3, 0.4) is 0 Å². The summed E-state index contributed by atoms with van der Waals surface area (Å²) < 4.78 is 40.1. The molecule has 0 saturated carbocycles. The van der Waals surface area contributed by atoms with Crippen molar-refractivity contribution in [2.75, 3.05) is 42.7 Å². The van der Waals surface area contributed by atoms with Gasteiger partial charge in [-0.3, -0.25) is 9.52 Å². The molecule has 4 rings (SSSR count). The summed E-state index contributed by atoms with van der Waals surface area (Å²) in [6.07, 6.45) is 0.895. The Kier molecular flexibility index (Phi) is 8.79. The van der Waals surface area contributed by atoms with Gasteiger partial charge in [-0.05, 0) is 43.3 Å². The van der Waals surface area contributed by atoms with Gasteiger partial charge < -0.3 is 25.4 Å². The molecule has 0 fully saturated rings. The zero-order chi connectivity index (χ0) is 27.8. The van der Waals surface area contributed by atoms with Crippen molar-refractivity contribution in [3.05, 3.63) is 66.7 Å². The second kappa shape index (κ2) is 12.4. The third-order valence-electron chi connectivity index (χ3n) is 5.56. The second-order valence-electron chi connectivity index (χ2n) is 8.49. The minimum atomic E-state index is -4.11. The molecule has 1 amide bonds. The summed E-state index contributed by atoms with van der Waals surface area (Å²) >= 11 is 0. The number of hydrogen-bond acceptors (Lipinski definition) is 9. The highest BCUT2D eigenvalue weighted by atomic mass is 32.2. The van der Waals surface area contributed by atoms with Crippen LogP contribution in [0.25, 0.3) is 11.0 Å². The first-order valence-corrected chi connectivity index (χ1v) is 13.7. The molecule has 0 bridgehead atoms. The van der Waals surface area contributed by atoms with Crippen LogP contribution in [0.2, 0.25) is 0 Å². The molecular weight excluding hydrogens is 520 g/mol. The Morgan fingerprint density at radius 2 is 1.51 bits per heavy atom. The molecule has 4 N–H and O–H groups in total. The first-order valence-electron chi connectivity index (χ1n) is 12.2. The average molecular weight is 551 g/mol. The first-order chi connectivity index (χ1) is 18.8. The van der Waals surface area contributed by atoms with Gasteiger partial charge in [0.25, 0.3) is 10.0 Å². The molecule has 0 radical (unpaired) electrons. The van der Waals surface area contributed by atoms with Gasteiger partial charge >= 0.3 is 0 Å². The summed E-state index contributed by atoms with van der Waals surface area (Å²) in [6.45, 7) is 2.83. The van der Waals surface area contributed by atoms with Crippen LogP contribution in [-0.4, -0.2) is 51.6 Å². The second-order valence-corrected chi connectivity index (χ2v) is 10.2. The third kappa shape index (κ3) is 7.12. The first kappa shape index (κ1) is 27.6. The maximum Gasteiger partial charge on any atom is 0.263 e. The summed E-state index contributed by atoms with van der Waals surface area (Å²) in [5.74, 6) is 0.979. The van der Waals surface area contributed by atoms with E-state index in [9.17, 15) is 13.2 Å². The standard InChI is InChI=1S/C27H30N6O5S/c1-4-12-28-17-25(34)29-18-8-7-9-22(15-18)39(35,36)33-27-26(31-23-10-5-6-11-24(23)32-27)30-19-13-20(37-2)16-21(14-19)38-3/h5-11,13-16,28H,4,12,17H2,1-3H3,(H,29,34)(H,30,31)(H,32,33). The summed E-state index contributed by atoms with van der Waals surface area (Å²) in [7, 11) is -1.04. The molecule has 4 aromatic rings. The molecule has 0 atom stereocenters.